The van der Waals surface area contributed by atoms with Crippen molar-refractivity contribution in [3.63, 3.8) is 0 Å². The van der Waals surface area contributed by atoms with Crippen LogP contribution < -0.4 is 15.4 Å². The smallest absolute Gasteiger partial charge is 0.151 e. The van der Waals surface area contributed by atoms with Gasteiger partial charge in [-0.25, -0.2) is 4.98 Å². The van der Waals surface area contributed by atoms with Gasteiger partial charge in [0.15, 0.2) is 5.82 Å². The van der Waals surface area contributed by atoms with Crippen LogP contribution in [0.3, 0.4) is 0 Å². The Morgan fingerprint density at radius 1 is 1.05 bits per heavy atom. The minimum absolute atomic E-state index is 0.425. The van der Waals surface area contributed by atoms with Gasteiger partial charge in [-0.15, -0.1) is 0 Å². The molecule has 1 aromatic heterocycles. The molecular weight excluding hydrogens is 333 g/mol. The molecule has 21 heavy (non-hydrogen) atoms. The van der Waals surface area contributed by atoms with Crippen LogP contribution in [0, 0.1) is 0 Å². The van der Waals surface area contributed by atoms with Crippen molar-refractivity contribution < 1.29 is 4.74 Å². The number of aromatic nitrogens is 1. The molecule has 112 valence electrons. The summed E-state index contributed by atoms with van der Waals surface area (Å²) in [5.41, 5.74) is 0.750. The van der Waals surface area contributed by atoms with E-state index >= 15 is 0 Å². The summed E-state index contributed by atoms with van der Waals surface area (Å²) in [7, 11) is 1.56. The van der Waals surface area contributed by atoms with Crippen LogP contribution in [0.2, 0.25) is 15.1 Å². The van der Waals surface area contributed by atoms with E-state index in [1.54, 1.807) is 25.3 Å². The molecule has 0 saturated heterocycles. The van der Waals surface area contributed by atoms with Crippen molar-refractivity contribution in [1.29, 1.82) is 0 Å². The molecule has 0 aliphatic rings. The summed E-state index contributed by atoms with van der Waals surface area (Å²) in [4.78, 5) is 4.37. The van der Waals surface area contributed by atoms with Gasteiger partial charge in [0.25, 0.3) is 0 Å². The molecule has 2 N–H and O–H groups in total. The number of methoxy groups -OCH3 is 1. The van der Waals surface area contributed by atoms with E-state index in [2.05, 4.69) is 15.6 Å². The van der Waals surface area contributed by atoms with Gasteiger partial charge in [0.2, 0.25) is 0 Å². The molecular formula is C14H14Cl3N3O. The Balaban J connectivity index is 2.30. The van der Waals surface area contributed by atoms with Crippen molar-refractivity contribution in [2.24, 2.45) is 0 Å². The predicted octanol–water partition coefficient (Wildman–Crippen LogP) is 5.23. The summed E-state index contributed by atoms with van der Waals surface area (Å²) in [6.07, 6.45) is 0. The van der Waals surface area contributed by atoms with Crippen LogP contribution in [-0.2, 0) is 0 Å². The van der Waals surface area contributed by atoms with E-state index in [1.807, 2.05) is 13.0 Å². The van der Waals surface area contributed by atoms with Crippen molar-refractivity contribution >= 4 is 52.1 Å². The van der Waals surface area contributed by atoms with Gasteiger partial charge in [-0.05, 0) is 31.2 Å². The zero-order valence-corrected chi connectivity index (χ0v) is 13.8. The number of nitrogens with zero attached hydrogens (tertiary/aromatic N) is 1. The number of halogens is 3. The molecule has 2 aromatic rings. The first-order valence-electron chi connectivity index (χ1n) is 6.25. The molecule has 0 unspecified atom stereocenters. The molecule has 2 rings (SSSR count). The zero-order chi connectivity index (χ0) is 15.4. The Morgan fingerprint density at radius 2 is 1.76 bits per heavy atom. The summed E-state index contributed by atoms with van der Waals surface area (Å²) >= 11 is 18.3. The topological polar surface area (TPSA) is 46.2 Å². The lowest BCUT2D eigenvalue weighted by molar-refractivity contribution is 0.415. The minimum atomic E-state index is 0.425. The van der Waals surface area contributed by atoms with Crippen LogP contribution in [0.5, 0.6) is 5.75 Å². The van der Waals surface area contributed by atoms with Crippen molar-refractivity contribution in [1.82, 2.24) is 4.98 Å². The Kier molecular flexibility index (Phi) is 5.39. The lowest BCUT2D eigenvalue weighted by Crippen LogP contribution is -2.03. The molecule has 0 aliphatic heterocycles. The van der Waals surface area contributed by atoms with E-state index in [0.717, 1.165) is 5.69 Å². The fourth-order valence-electron chi connectivity index (χ4n) is 1.73. The average Bonchev–Trinajstić information content (AvgIpc) is 2.44. The van der Waals surface area contributed by atoms with Crippen LogP contribution in [0.25, 0.3) is 0 Å². The Labute approximate surface area is 138 Å². The van der Waals surface area contributed by atoms with E-state index in [4.69, 9.17) is 39.5 Å². The quantitative estimate of drug-likeness (QED) is 0.778. The number of pyridine rings is 1. The van der Waals surface area contributed by atoms with Crippen molar-refractivity contribution in [2.45, 2.75) is 6.92 Å². The molecule has 0 atom stereocenters. The van der Waals surface area contributed by atoms with Gasteiger partial charge in [-0.1, -0.05) is 34.8 Å². The highest BCUT2D eigenvalue weighted by atomic mass is 35.5. The highest BCUT2D eigenvalue weighted by Crippen LogP contribution is 2.33. The van der Waals surface area contributed by atoms with Crippen LogP contribution in [0.4, 0.5) is 17.3 Å². The highest BCUT2D eigenvalue weighted by Gasteiger charge is 2.10. The largest absolute Gasteiger partial charge is 0.495 e. The number of nitrogens with one attached hydrogen (secondary N) is 2. The lowest BCUT2D eigenvalue weighted by atomic mass is 10.3. The van der Waals surface area contributed by atoms with Crippen molar-refractivity contribution in [3.05, 3.63) is 39.3 Å². The fraction of sp³-hybridized carbons (Fsp3) is 0.214. The molecule has 1 heterocycles. The Morgan fingerprint density at radius 3 is 2.38 bits per heavy atom. The van der Waals surface area contributed by atoms with E-state index in [9.17, 15) is 0 Å². The van der Waals surface area contributed by atoms with Gasteiger partial charge in [0.1, 0.15) is 11.6 Å². The summed E-state index contributed by atoms with van der Waals surface area (Å²) in [6, 6.07) is 6.96. The van der Waals surface area contributed by atoms with Crippen molar-refractivity contribution in [2.75, 3.05) is 24.3 Å². The van der Waals surface area contributed by atoms with E-state index in [1.165, 1.54) is 0 Å². The molecule has 0 radical (unpaired) electrons. The number of benzene rings is 1. The highest BCUT2D eigenvalue weighted by molar-refractivity contribution is 6.37. The summed E-state index contributed by atoms with van der Waals surface area (Å²) in [5.74, 6) is 1.68. The first-order valence-corrected chi connectivity index (χ1v) is 7.39. The van der Waals surface area contributed by atoms with Crippen LogP contribution in [0.1, 0.15) is 6.92 Å². The molecule has 0 saturated carbocycles. The van der Waals surface area contributed by atoms with Gasteiger partial charge >= 0.3 is 0 Å². The third kappa shape index (κ3) is 3.84. The van der Waals surface area contributed by atoms with Gasteiger partial charge in [0, 0.05) is 12.2 Å². The molecule has 7 heteroatoms. The number of hydrogen-bond acceptors (Lipinski definition) is 4. The first kappa shape index (κ1) is 16.0. The second kappa shape index (κ2) is 7.07. The summed E-state index contributed by atoms with van der Waals surface area (Å²) in [5, 5.41) is 7.58. The van der Waals surface area contributed by atoms with Crippen LogP contribution >= 0.6 is 34.8 Å². The van der Waals surface area contributed by atoms with E-state index in [0.29, 0.717) is 39.0 Å². The molecule has 0 bridgehead atoms. The van der Waals surface area contributed by atoms with Gasteiger partial charge in [-0.2, -0.15) is 0 Å². The maximum atomic E-state index is 6.15. The van der Waals surface area contributed by atoms with Crippen LogP contribution in [-0.4, -0.2) is 18.6 Å². The Hall–Kier alpha value is -1.36. The molecule has 0 spiro atoms. The monoisotopic (exact) mass is 345 g/mol. The van der Waals surface area contributed by atoms with Gasteiger partial charge < -0.3 is 15.4 Å². The second-order valence-electron chi connectivity index (χ2n) is 4.15. The number of anilines is 3. The van der Waals surface area contributed by atoms with Crippen LogP contribution in [0.15, 0.2) is 24.3 Å². The normalized spacial score (nSPS) is 10.3. The molecule has 4 nitrogen and oxygen atoms in total. The first-order chi connectivity index (χ1) is 10.0. The molecule has 0 amide bonds. The lowest BCUT2D eigenvalue weighted by Gasteiger charge is -2.12. The van der Waals surface area contributed by atoms with E-state index in [-0.39, 0.29) is 0 Å². The van der Waals surface area contributed by atoms with Gasteiger partial charge in [-0.3, -0.25) is 0 Å². The summed E-state index contributed by atoms with van der Waals surface area (Å²) in [6.45, 7) is 2.67. The summed E-state index contributed by atoms with van der Waals surface area (Å²) < 4.78 is 5.11. The fourth-order valence-corrected chi connectivity index (χ4v) is 2.46. The third-order valence-corrected chi connectivity index (χ3v) is 3.56. The maximum Gasteiger partial charge on any atom is 0.151 e. The predicted molar refractivity (Wildman–Crippen MR) is 89.7 cm³/mol. The molecule has 0 fully saturated rings. The number of ether oxygens (including phenoxy) is 1. The van der Waals surface area contributed by atoms with Gasteiger partial charge in [0.05, 0.1) is 22.2 Å². The SMILES string of the molecule is CCNc1nc(Nc2ccc(OC)c(Cl)c2)c(Cl)cc1Cl. The molecule has 1 aromatic carbocycles. The number of hydrogen-bond donors (Lipinski definition) is 2. The maximum absolute atomic E-state index is 6.15. The third-order valence-electron chi connectivity index (χ3n) is 2.69. The molecule has 0 aliphatic carbocycles. The second-order valence-corrected chi connectivity index (χ2v) is 5.38. The van der Waals surface area contributed by atoms with Crippen molar-refractivity contribution in [3.8, 4) is 5.75 Å². The average molecular weight is 347 g/mol. The Bertz CT molecular complexity index is 650. The van der Waals surface area contributed by atoms with E-state index < -0.39 is 0 Å². The minimum Gasteiger partial charge on any atom is -0.495 e. The standard InChI is InChI=1S/C14H14Cl3N3O/c1-3-18-13-10(16)7-11(17)14(20-13)19-8-4-5-12(21-2)9(15)6-8/h4-7H,3H2,1-2H3,(H2,18,19,20). The number of rotatable bonds is 5. The zero-order valence-electron chi connectivity index (χ0n) is 11.5.